The van der Waals surface area contributed by atoms with Crippen molar-refractivity contribution in [2.24, 2.45) is 4.99 Å². The molecule has 1 heterocycles. The number of nitrogens with one attached hydrogen (secondary N) is 1. The largest absolute Gasteiger partial charge is 0.497 e. The fourth-order valence-electron chi connectivity index (χ4n) is 3.78. The van der Waals surface area contributed by atoms with E-state index < -0.39 is 18.1 Å². The Morgan fingerprint density at radius 1 is 0.925 bits per heavy atom. The molecule has 3 N–H and O–H groups in total. The molecule has 4 rings (SSSR count). The van der Waals surface area contributed by atoms with Crippen LogP contribution in [0, 0.1) is 0 Å². The van der Waals surface area contributed by atoms with Crippen LogP contribution in [0.3, 0.4) is 0 Å². The number of carboxylic acids is 2. The molecule has 212 valence electrons. The molecular weight excluding hydrogens is 529 g/mol. The van der Waals surface area contributed by atoms with Crippen LogP contribution in [0.2, 0.25) is 0 Å². The van der Waals surface area contributed by atoms with E-state index in [1.807, 2.05) is 30.3 Å². The van der Waals surface area contributed by atoms with Crippen LogP contribution in [-0.4, -0.2) is 72.5 Å². The van der Waals surface area contributed by atoms with E-state index in [2.05, 4.69) is 39.4 Å². The van der Waals surface area contributed by atoms with Crippen molar-refractivity contribution in [3.05, 3.63) is 90.0 Å². The quantitative estimate of drug-likeness (QED) is 0.292. The van der Waals surface area contributed by atoms with Crippen LogP contribution in [-0.2, 0) is 11.3 Å². The number of rotatable bonds is 6. The Bertz CT molecular complexity index is 1290. The summed E-state index contributed by atoms with van der Waals surface area (Å²) in [6.45, 7) is 3.90. The van der Waals surface area contributed by atoms with E-state index in [4.69, 9.17) is 24.7 Å². The smallest absolute Gasteiger partial charge is 0.490 e. The molecule has 0 spiro atoms. The third-order valence-electron chi connectivity index (χ3n) is 5.88. The highest BCUT2D eigenvalue weighted by Gasteiger charge is 2.38. The van der Waals surface area contributed by atoms with E-state index in [-0.39, 0.29) is 5.56 Å². The average molecular weight is 559 g/mol. The molecule has 3 aromatic carbocycles. The number of piperazine rings is 1. The monoisotopic (exact) mass is 558 g/mol. The minimum atomic E-state index is -5.08. The number of halogens is 3. The van der Waals surface area contributed by atoms with E-state index in [0.717, 1.165) is 54.8 Å². The molecule has 0 saturated carbocycles. The molecule has 1 saturated heterocycles. The lowest BCUT2D eigenvalue weighted by molar-refractivity contribution is -0.192. The highest BCUT2D eigenvalue weighted by atomic mass is 19.4. The van der Waals surface area contributed by atoms with Gasteiger partial charge in [-0.05, 0) is 42.0 Å². The van der Waals surface area contributed by atoms with E-state index in [1.54, 1.807) is 31.4 Å². The summed E-state index contributed by atoms with van der Waals surface area (Å²) in [4.78, 5) is 29.5. The molecule has 40 heavy (non-hydrogen) atoms. The fraction of sp³-hybridized carbons (Fsp3) is 0.250. The molecular formula is C28H29F3N4O5. The van der Waals surface area contributed by atoms with Crippen LogP contribution in [0.15, 0.2) is 83.9 Å². The maximum atomic E-state index is 11.2. The van der Waals surface area contributed by atoms with Gasteiger partial charge in [0, 0.05) is 43.6 Å². The molecule has 12 heteroatoms. The third kappa shape index (κ3) is 8.93. The van der Waals surface area contributed by atoms with Gasteiger partial charge in [0.25, 0.3) is 0 Å². The molecule has 3 aromatic rings. The summed E-state index contributed by atoms with van der Waals surface area (Å²) in [6, 6.07) is 25.0. The number of methoxy groups -OCH3 is 1. The van der Waals surface area contributed by atoms with Gasteiger partial charge < -0.3 is 30.1 Å². The standard InChI is InChI=1S/C26H28N4O3.C2HF3O2/c1-33-24-9-5-8-23(18-24)29-14-16-30(17-15-29)26(27-19-20-6-3-2-4-7-20)28-22-12-10-21(11-13-22)25(31)32;3-2(4,5)1(6)7/h2-13,18H,14-17,19H2,1H3,(H,27,28)(H,31,32);(H,6,7). The first-order chi connectivity index (χ1) is 19.1. The van der Waals surface area contributed by atoms with Gasteiger partial charge in [-0.15, -0.1) is 0 Å². The Morgan fingerprint density at radius 3 is 2.10 bits per heavy atom. The normalized spacial score (nSPS) is 13.7. The van der Waals surface area contributed by atoms with E-state index in [1.165, 1.54) is 0 Å². The van der Waals surface area contributed by atoms with E-state index in [0.29, 0.717) is 6.54 Å². The molecule has 0 aromatic heterocycles. The highest BCUT2D eigenvalue weighted by molar-refractivity contribution is 5.95. The fourth-order valence-corrected chi connectivity index (χ4v) is 3.78. The Kier molecular flexibility index (Phi) is 10.3. The number of hydrogen-bond acceptors (Lipinski definition) is 5. The number of alkyl halides is 3. The van der Waals surface area contributed by atoms with Gasteiger partial charge in [-0.2, -0.15) is 13.2 Å². The van der Waals surface area contributed by atoms with Crippen LogP contribution in [0.1, 0.15) is 15.9 Å². The average Bonchev–Trinajstić information content (AvgIpc) is 2.96. The molecule has 0 amide bonds. The Balaban J connectivity index is 0.000000559. The van der Waals surface area contributed by atoms with Crippen molar-refractivity contribution in [3.8, 4) is 5.75 Å². The van der Waals surface area contributed by atoms with Crippen LogP contribution in [0.25, 0.3) is 0 Å². The van der Waals surface area contributed by atoms with Crippen molar-refractivity contribution in [3.63, 3.8) is 0 Å². The van der Waals surface area contributed by atoms with Crippen molar-refractivity contribution < 1.29 is 37.7 Å². The van der Waals surface area contributed by atoms with Crippen LogP contribution >= 0.6 is 0 Å². The molecule has 0 atom stereocenters. The van der Waals surface area contributed by atoms with Crippen molar-refractivity contribution in [1.29, 1.82) is 0 Å². The van der Waals surface area contributed by atoms with Gasteiger partial charge in [0.15, 0.2) is 5.96 Å². The van der Waals surface area contributed by atoms with Crippen LogP contribution in [0.4, 0.5) is 24.5 Å². The second kappa shape index (κ2) is 13.9. The van der Waals surface area contributed by atoms with E-state index in [9.17, 15) is 18.0 Å². The number of carboxylic acid groups (broad SMARTS) is 2. The number of aromatic carboxylic acids is 1. The van der Waals surface area contributed by atoms with Gasteiger partial charge in [-0.3, -0.25) is 0 Å². The predicted molar refractivity (Wildman–Crippen MR) is 145 cm³/mol. The number of benzene rings is 3. The summed E-state index contributed by atoms with van der Waals surface area (Å²) in [5.41, 5.74) is 3.35. The number of carbonyl (C=O) groups is 2. The number of aliphatic imine (C=N–C) groups is 1. The molecule has 1 aliphatic heterocycles. The zero-order chi connectivity index (χ0) is 29.1. The SMILES string of the molecule is COc1cccc(N2CCN(C(=NCc3ccccc3)Nc3ccc(C(=O)O)cc3)CC2)c1.O=C(O)C(F)(F)F. The van der Waals surface area contributed by atoms with Crippen molar-refractivity contribution in [2.75, 3.05) is 43.5 Å². The van der Waals surface area contributed by atoms with Gasteiger partial charge in [-0.25, -0.2) is 14.6 Å². The summed E-state index contributed by atoms with van der Waals surface area (Å²) in [5.74, 6) is -2.06. The lowest BCUT2D eigenvalue weighted by Gasteiger charge is -2.38. The topological polar surface area (TPSA) is 115 Å². The summed E-state index contributed by atoms with van der Waals surface area (Å²) in [6.07, 6.45) is -5.08. The molecule has 1 aliphatic rings. The van der Waals surface area contributed by atoms with Crippen molar-refractivity contribution in [2.45, 2.75) is 12.7 Å². The van der Waals surface area contributed by atoms with Crippen molar-refractivity contribution >= 4 is 29.3 Å². The predicted octanol–water partition coefficient (Wildman–Crippen LogP) is 4.82. The Hall–Kier alpha value is -4.74. The lowest BCUT2D eigenvalue weighted by Crippen LogP contribution is -2.50. The molecule has 0 radical (unpaired) electrons. The van der Waals surface area contributed by atoms with Crippen molar-refractivity contribution in [1.82, 2.24) is 4.90 Å². The Labute approximate surface area is 229 Å². The molecule has 0 unspecified atom stereocenters. The van der Waals surface area contributed by atoms with E-state index >= 15 is 0 Å². The second-order valence-electron chi connectivity index (χ2n) is 8.61. The number of anilines is 2. The van der Waals surface area contributed by atoms with Gasteiger partial charge in [-0.1, -0.05) is 36.4 Å². The highest BCUT2D eigenvalue weighted by Crippen LogP contribution is 2.22. The van der Waals surface area contributed by atoms with Gasteiger partial charge >= 0.3 is 18.1 Å². The maximum Gasteiger partial charge on any atom is 0.490 e. The number of aliphatic carboxylic acids is 1. The minimum Gasteiger partial charge on any atom is -0.497 e. The van der Waals surface area contributed by atoms with Gasteiger partial charge in [0.2, 0.25) is 0 Å². The first-order valence-electron chi connectivity index (χ1n) is 12.2. The van der Waals surface area contributed by atoms with Gasteiger partial charge in [0.1, 0.15) is 5.75 Å². The minimum absolute atomic E-state index is 0.259. The Morgan fingerprint density at radius 2 is 1.55 bits per heavy atom. The second-order valence-corrected chi connectivity index (χ2v) is 8.61. The van der Waals surface area contributed by atoms with Crippen LogP contribution in [0.5, 0.6) is 5.75 Å². The molecule has 0 bridgehead atoms. The maximum absolute atomic E-state index is 11.2. The van der Waals surface area contributed by atoms with Gasteiger partial charge in [0.05, 0.1) is 19.2 Å². The number of ether oxygens (including phenoxy) is 1. The van der Waals surface area contributed by atoms with Crippen LogP contribution < -0.4 is 15.0 Å². The number of nitrogens with zero attached hydrogens (tertiary/aromatic N) is 3. The number of guanidine groups is 1. The molecule has 0 aliphatic carbocycles. The summed E-state index contributed by atoms with van der Waals surface area (Å²) < 4.78 is 37.1. The summed E-state index contributed by atoms with van der Waals surface area (Å²) >= 11 is 0. The summed E-state index contributed by atoms with van der Waals surface area (Å²) in [7, 11) is 1.68. The third-order valence-corrected chi connectivity index (χ3v) is 5.88. The lowest BCUT2D eigenvalue weighted by atomic mass is 10.2. The molecule has 9 nitrogen and oxygen atoms in total. The first kappa shape index (κ1) is 29.8. The zero-order valence-electron chi connectivity index (χ0n) is 21.6. The number of hydrogen-bond donors (Lipinski definition) is 3. The zero-order valence-corrected chi connectivity index (χ0v) is 21.6. The first-order valence-corrected chi connectivity index (χ1v) is 12.2. The summed E-state index contributed by atoms with van der Waals surface area (Å²) in [5, 5.41) is 19.7. The molecule has 1 fully saturated rings.